The number of aliphatic hydroxyl groups excluding tert-OH is 1. The zero-order chi connectivity index (χ0) is 19.8. The number of rotatable bonds is 4. The van der Waals surface area contributed by atoms with Gasteiger partial charge in [-0.3, -0.25) is 9.69 Å². The van der Waals surface area contributed by atoms with E-state index in [-0.39, 0.29) is 18.0 Å². The lowest BCUT2D eigenvalue weighted by atomic mass is 10.1. The van der Waals surface area contributed by atoms with Gasteiger partial charge in [0.05, 0.1) is 42.7 Å². The summed E-state index contributed by atoms with van der Waals surface area (Å²) in [5, 5.41) is 10.9. The number of morpholine rings is 1. The van der Waals surface area contributed by atoms with E-state index in [2.05, 4.69) is 28.3 Å². The van der Waals surface area contributed by atoms with Crippen LogP contribution in [0.25, 0.3) is 11.0 Å². The lowest BCUT2D eigenvalue weighted by Gasteiger charge is -2.36. The quantitative estimate of drug-likeness (QED) is 0.869. The summed E-state index contributed by atoms with van der Waals surface area (Å²) in [5.41, 5.74) is 2.47. The number of amides is 1. The topological polar surface area (TPSA) is 70.8 Å². The molecular formula is C21H30N4O3. The molecule has 0 spiro atoms. The first-order chi connectivity index (χ1) is 13.5. The van der Waals surface area contributed by atoms with Gasteiger partial charge in [0, 0.05) is 37.8 Å². The summed E-state index contributed by atoms with van der Waals surface area (Å²) in [6.07, 6.45) is 3.01. The van der Waals surface area contributed by atoms with Crippen molar-refractivity contribution in [3.8, 4) is 0 Å². The molecule has 7 heteroatoms. The number of likely N-dealkylation sites (N-methyl/N-ethyl adjacent to an activating group) is 1. The highest BCUT2D eigenvalue weighted by molar-refractivity contribution is 5.97. The van der Waals surface area contributed by atoms with Gasteiger partial charge in [0.25, 0.3) is 5.91 Å². The number of aromatic nitrogens is 2. The summed E-state index contributed by atoms with van der Waals surface area (Å²) >= 11 is 0. The number of nitrogens with zero attached hydrogens (tertiary/aromatic N) is 4. The fraction of sp³-hybridized carbons (Fsp3) is 0.619. The van der Waals surface area contributed by atoms with E-state index in [0.29, 0.717) is 24.8 Å². The van der Waals surface area contributed by atoms with Crippen LogP contribution in [0.5, 0.6) is 0 Å². The maximum Gasteiger partial charge on any atom is 0.254 e. The first-order valence-electron chi connectivity index (χ1n) is 10.2. The van der Waals surface area contributed by atoms with Crippen LogP contribution in [0.3, 0.4) is 0 Å². The van der Waals surface area contributed by atoms with Crippen molar-refractivity contribution >= 4 is 16.9 Å². The van der Waals surface area contributed by atoms with Crippen molar-refractivity contribution < 1.29 is 14.6 Å². The van der Waals surface area contributed by atoms with E-state index in [1.54, 1.807) is 11.9 Å². The molecule has 2 heterocycles. The van der Waals surface area contributed by atoms with E-state index in [9.17, 15) is 9.90 Å². The van der Waals surface area contributed by atoms with Crippen LogP contribution in [0.1, 0.15) is 43.1 Å². The van der Waals surface area contributed by atoms with Gasteiger partial charge in [-0.1, -0.05) is 0 Å². The third-order valence-corrected chi connectivity index (χ3v) is 6.26. The second-order valence-corrected chi connectivity index (χ2v) is 8.22. The molecule has 1 amide bonds. The lowest BCUT2D eigenvalue weighted by Crippen LogP contribution is -2.51. The fourth-order valence-corrected chi connectivity index (χ4v) is 4.60. The van der Waals surface area contributed by atoms with Crippen LogP contribution in [0, 0.1) is 0 Å². The number of benzene rings is 1. The SMILES string of the molecule is CC(C)n1cnc2cc(C(=O)N(C)[C@@H]3CC[C@@H](N4CCOCC4)[C@@H]3O)ccc21. The zero-order valence-corrected chi connectivity index (χ0v) is 16.9. The first kappa shape index (κ1) is 19.4. The van der Waals surface area contributed by atoms with E-state index in [1.807, 2.05) is 24.5 Å². The Morgan fingerprint density at radius 3 is 2.75 bits per heavy atom. The molecule has 28 heavy (non-hydrogen) atoms. The summed E-state index contributed by atoms with van der Waals surface area (Å²) in [6.45, 7) is 7.35. The Morgan fingerprint density at radius 1 is 1.29 bits per heavy atom. The van der Waals surface area contributed by atoms with Gasteiger partial charge in [-0.15, -0.1) is 0 Å². The summed E-state index contributed by atoms with van der Waals surface area (Å²) in [5.74, 6) is -0.0623. The monoisotopic (exact) mass is 386 g/mol. The van der Waals surface area contributed by atoms with Crippen molar-refractivity contribution in [1.82, 2.24) is 19.4 Å². The predicted molar refractivity (Wildman–Crippen MR) is 107 cm³/mol. The van der Waals surface area contributed by atoms with Gasteiger partial charge in [0.2, 0.25) is 0 Å². The largest absolute Gasteiger partial charge is 0.389 e. The number of imidazole rings is 1. The number of ether oxygens (including phenoxy) is 1. The molecule has 1 saturated heterocycles. The third-order valence-electron chi connectivity index (χ3n) is 6.26. The second kappa shape index (κ2) is 7.81. The van der Waals surface area contributed by atoms with Crippen molar-refractivity contribution in [3.05, 3.63) is 30.1 Å². The van der Waals surface area contributed by atoms with Crippen molar-refractivity contribution in [1.29, 1.82) is 0 Å². The molecule has 152 valence electrons. The predicted octanol–water partition coefficient (Wildman–Crippen LogP) is 1.91. The molecule has 1 saturated carbocycles. The minimum Gasteiger partial charge on any atom is -0.389 e. The lowest BCUT2D eigenvalue weighted by molar-refractivity contribution is -0.0231. The Morgan fingerprint density at radius 2 is 2.04 bits per heavy atom. The van der Waals surface area contributed by atoms with E-state index in [1.165, 1.54) is 0 Å². The minimum atomic E-state index is -0.532. The molecule has 0 unspecified atom stereocenters. The Hall–Kier alpha value is -1.96. The molecule has 2 fully saturated rings. The molecule has 0 bridgehead atoms. The van der Waals surface area contributed by atoms with Crippen LogP contribution in [-0.2, 0) is 4.74 Å². The molecule has 0 radical (unpaired) electrons. The van der Waals surface area contributed by atoms with E-state index in [4.69, 9.17) is 4.74 Å². The number of hydrogen-bond acceptors (Lipinski definition) is 5. The van der Waals surface area contributed by atoms with Crippen LogP contribution in [0.2, 0.25) is 0 Å². The van der Waals surface area contributed by atoms with Crippen LogP contribution in [-0.4, -0.2) is 81.9 Å². The van der Waals surface area contributed by atoms with Crippen molar-refractivity contribution in [2.24, 2.45) is 0 Å². The number of aliphatic hydroxyl groups is 1. The number of carbonyl (C=O) groups is 1. The molecule has 3 atom stereocenters. The summed E-state index contributed by atoms with van der Waals surface area (Å²) in [6, 6.07) is 5.94. The molecule has 1 aromatic carbocycles. The van der Waals surface area contributed by atoms with Gasteiger partial charge in [-0.2, -0.15) is 0 Å². The molecule has 1 aromatic heterocycles. The average Bonchev–Trinajstić information content (AvgIpc) is 3.30. The highest BCUT2D eigenvalue weighted by Crippen LogP contribution is 2.30. The van der Waals surface area contributed by atoms with E-state index in [0.717, 1.165) is 37.0 Å². The van der Waals surface area contributed by atoms with Crippen LogP contribution in [0.4, 0.5) is 0 Å². The molecule has 1 aliphatic carbocycles. The zero-order valence-electron chi connectivity index (χ0n) is 16.9. The van der Waals surface area contributed by atoms with Crippen LogP contribution >= 0.6 is 0 Å². The van der Waals surface area contributed by atoms with Crippen LogP contribution < -0.4 is 0 Å². The Bertz CT molecular complexity index is 843. The molecule has 2 aliphatic rings. The Kier molecular flexibility index (Phi) is 5.40. The van der Waals surface area contributed by atoms with Gasteiger partial charge in [0.1, 0.15) is 0 Å². The van der Waals surface area contributed by atoms with Crippen molar-refractivity contribution in [2.45, 2.75) is 50.9 Å². The maximum atomic E-state index is 13.1. The molecule has 1 N–H and O–H groups in total. The van der Waals surface area contributed by atoms with E-state index < -0.39 is 6.10 Å². The highest BCUT2D eigenvalue weighted by atomic mass is 16.5. The third kappa shape index (κ3) is 3.43. The first-order valence-corrected chi connectivity index (χ1v) is 10.2. The fourth-order valence-electron chi connectivity index (χ4n) is 4.60. The standard InChI is InChI=1S/C21H30N4O3/c1-14(2)25-13-22-16-12-15(4-5-17(16)25)21(27)23(3)18-6-7-19(20(18)26)24-8-10-28-11-9-24/h4-5,12-14,18-20,26H,6-11H2,1-3H3/t18-,19-,20-/m1/s1. The summed E-state index contributed by atoms with van der Waals surface area (Å²) < 4.78 is 7.52. The van der Waals surface area contributed by atoms with Crippen LogP contribution in [0.15, 0.2) is 24.5 Å². The molecular weight excluding hydrogens is 356 g/mol. The number of fused-ring (bicyclic) bond motifs is 1. The van der Waals surface area contributed by atoms with Gasteiger partial charge in [0.15, 0.2) is 0 Å². The number of hydrogen-bond donors (Lipinski definition) is 1. The highest BCUT2D eigenvalue weighted by Gasteiger charge is 2.41. The van der Waals surface area contributed by atoms with Gasteiger partial charge in [-0.05, 0) is 44.9 Å². The van der Waals surface area contributed by atoms with E-state index >= 15 is 0 Å². The Labute approximate surface area is 165 Å². The normalized spacial score (nSPS) is 26.2. The van der Waals surface area contributed by atoms with Gasteiger partial charge >= 0.3 is 0 Å². The minimum absolute atomic E-state index is 0.0623. The van der Waals surface area contributed by atoms with Crippen molar-refractivity contribution in [3.63, 3.8) is 0 Å². The van der Waals surface area contributed by atoms with Crippen molar-refractivity contribution in [2.75, 3.05) is 33.4 Å². The maximum absolute atomic E-state index is 13.1. The molecule has 7 nitrogen and oxygen atoms in total. The number of carbonyl (C=O) groups excluding carboxylic acids is 1. The Balaban J connectivity index is 1.49. The molecule has 1 aliphatic heterocycles. The van der Waals surface area contributed by atoms with Gasteiger partial charge in [-0.25, -0.2) is 4.98 Å². The average molecular weight is 386 g/mol. The summed E-state index contributed by atoms with van der Waals surface area (Å²) in [7, 11) is 1.80. The molecule has 2 aromatic rings. The molecule has 4 rings (SSSR count). The van der Waals surface area contributed by atoms with Gasteiger partial charge < -0.3 is 19.3 Å². The smallest absolute Gasteiger partial charge is 0.254 e. The second-order valence-electron chi connectivity index (χ2n) is 8.22. The summed E-state index contributed by atoms with van der Waals surface area (Å²) in [4.78, 5) is 21.6.